The van der Waals surface area contributed by atoms with E-state index in [-0.39, 0.29) is 29.9 Å². The minimum atomic E-state index is -3.63. The van der Waals surface area contributed by atoms with Gasteiger partial charge in [0, 0.05) is 18.2 Å². The van der Waals surface area contributed by atoms with E-state index in [1.54, 1.807) is 0 Å². The van der Waals surface area contributed by atoms with E-state index >= 15 is 0 Å². The number of sulfonamides is 1. The van der Waals surface area contributed by atoms with E-state index in [2.05, 4.69) is 0 Å². The number of carbonyl (C=O) groups excluding carboxylic acids is 1. The van der Waals surface area contributed by atoms with Crippen LogP contribution in [0.15, 0.2) is 29.2 Å². The van der Waals surface area contributed by atoms with Gasteiger partial charge in [-0.05, 0) is 31.9 Å². The van der Waals surface area contributed by atoms with Crippen molar-refractivity contribution in [2.45, 2.75) is 43.5 Å². The molecule has 1 aliphatic carbocycles. The summed E-state index contributed by atoms with van der Waals surface area (Å²) in [7, 11) is -3.63. The molecule has 1 N–H and O–H groups in total. The van der Waals surface area contributed by atoms with Crippen LogP contribution in [-0.2, 0) is 10.0 Å². The molecule has 116 valence electrons. The normalized spacial score (nSPS) is 16.5. The van der Waals surface area contributed by atoms with Crippen molar-refractivity contribution in [2.24, 2.45) is 0 Å². The van der Waals surface area contributed by atoms with Crippen LogP contribution in [-0.4, -0.2) is 42.8 Å². The van der Waals surface area contributed by atoms with Gasteiger partial charge >= 0.3 is 0 Å². The lowest BCUT2D eigenvalue weighted by atomic mass is 10.2. The van der Waals surface area contributed by atoms with E-state index in [0.717, 1.165) is 25.7 Å². The standard InChI is InChI=1S/C15H21NO4S/c1-12(18)13-6-8-15(9-7-13)21(19,20)16(10-11-17)14-4-2-3-5-14/h6-9,14,17H,2-5,10-11H2,1H3. The summed E-state index contributed by atoms with van der Waals surface area (Å²) in [5.41, 5.74) is 0.489. The Morgan fingerprint density at radius 3 is 2.29 bits per heavy atom. The molecule has 1 saturated carbocycles. The van der Waals surface area contributed by atoms with Gasteiger partial charge in [-0.2, -0.15) is 4.31 Å². The van der Waals surface area contributed by atoms with E-state index in [1.165, 1.54) is 35.5 Å². The number of carbonyl (C=O) groups is 1. The molecule has 0 spiro atoms. The molecular formula is C15H21NO4S. The van der Waals surface area contributed by atoms with E-state index < -0.39 is 10.0 Å². The van der Waals surface area contributed by atoms with E-state index in [4.69, 9.17) is 0 Å². The molecule has 0 atom stereocenters. The SMILES string of the molecule is CC(=O)c1ccc(S(=O)(=O)N(CCO)C2CCCC2)cc1. The maximum atomic E-state index is 12.7. The lowest BCUT2D eigenvalue weighted by molar-refractivity contribution is 0.101. The summed E-state index contributed by atoms with van der Waals surface area (Å²) in [6, 6.07) is 5.95. The number of benzene rings is 1. The zero-order chi connectivity index (χ0) is 15.5. The van der Waals surface area contributed by atoms with Crippen LogP contribution < -0.4 is 0 Å². The highest BCUT2D eigenvalue weighted by Gasteiger charge is 2.32. The maximum Gasteiger partial charge on any atom is 0.243 e. The van der Waals surface area contributed by atoms with Gasteiger partial charge in [-0.3, -0.25) is 4.79 Å². The number of ketones is 1. The molecule has 6 heteroatoms. The second-order valence-corrected chi connectivity index (χ2v) is 7.25. The Morgan fingerprint density at radius 1 is 1.24 bits per heavy atom. The van der Waals surface area contributed by atoms with E-state index in [0.29, 0.717) is 5.56 Å². The monoisotopic (exact) mass is 311 g/mol. The fourth-order valence-electron chi connectivity index (χ4n) is 2.79. The Kier molecular flexibility index (Phi) is 5.13. The van der Waals surface area contributed by atoms with Crippen molar-refractivity contribution in [1.82, 2.24) is 4.31 Å². The minimum Gasteiger partial charge on any atom is -0.395 e. The second kappa shape index (κ2) is 6.68. The Morgan fingerprint density at radius 2 is 1.81 bits per heavy atom. The van der Waals surface area contributed by atoms with Crippen molar-refractivity contribution in [3.63, 3.8) is 0 Å². The van der Waals surface area contributed by atoms with Crippen molar-refractivity contribution in [1.29, 1.82) is 0 Å². The quantitative estimate of drug-likeness (QED) is 0.813. The molecule has 0 aromatic heterocycles. The Balaban J connectivity index is 2.30. The van der Waals surface area contributed by atoms with E-state index in [9.17, 15) is 18.3 Å². The van der Waals surface area contributed by atoms with Gasteiger partial charge < -0.3 is 5.11 Å². The van der Waals surface area contributed by atoms with Crippen LogP contribution in [0.5, 0.6) is 0 Å². The third-order valence-electron chi connectivity index (χ3n) is 3.92. The van der Waals surface area contributed by atoms with Gasteiger partial charge in [-0.15, -0.1) is 0 Å². The van der Waals surface area contributed by atoms with Crippen LogP contribution in [0, 0.1) is 0 Å². The summed E-state index contributed by atoms with van der Waals surface area (Å²) in [6.07, 6.45) is 3.71. The molecule has 21 heavy (non-hydrogen) atoms. The van der Waals surface area contributed by atoms with Gasteiger partial charge in [0.25, 0.3) is 0 Å². The lowest BCUT2D eigenvalue weighted by Gasteiger charge is -2.27. The molecule has 0 radical (unpaired) electrons. The summed E-state index contributed by atoms with van der Waals surface area (Å²) in [6.45, 7) is 1.36. The molecule has 1 aliphatic rings. The van der Waals surface area contributed by atoms with Crippen molar-refractivity contribution in [2.75, 3.05) is 13.2 Å². The molecule has 2 rings (SSSR count). The fourth-order valence-corrected chi connectivity index (χ4v) is 4.46. The second-order valence-electron chi connectivity index (χ2n) is 5.36. The van der Waals surface area contributed by atoms with Crippen LogP contribution in [0.3, 0.4) is 0 Å². The summed E-state index contributed by atoms with van der Waals surface area (Å²) in [5, 5.41) is 9.17. The van der Waals surface area contributed by atoms with Crippen molar-refractivity contribution < 1.29 is 18.3 Å². The van der Waals surface area contributed by atoms with Gasteiger partial charge in [0.2, 0.25) is 10.0 Å². The zero-order valence-corrected chi connectivity index (χ0v) is 13.0. The number of hydrogen-bond acceptors (Lipinski definition) is 4. The molecule has 0 bridgehead atoms. The van der Waals surface area contributed by atoms with Crippen LogP contribution in [0.1, 0.15) is 43.0 Å². The predicted octanol–water partition coefficient (Wildman–Crippen LogP) is 1.81. The van der Waals surface area contributed by atoms with Crippen molar-refractivity contribution in [3.05, 3.63) is 29.8 Å². The highest BCUT2D eigenvalue weighted by atomic mass is 32.2. The summed E-state index contributed by atoms with van der Waals surface area (Å²) < 4.78 is 26.8. The summed E-state index contributed by atoms with van der Waals surface area (Å²) in [5.74, 6) is -0.0954. The average molecular weight is 311 g/mol. The number of aliphatic hydroxyl groups excluding tert-OH is 1. The van der Waals surface area contributed by atoms with Gasteiger partial charge in [0.1, 0.15) is 0 Å². The third-order valence-corrected chi connectivity index (χ3v) is 5.89. The Hall–Kier alpha value is -1.24. The molecule has 0 unspecified atom stereocenters. The molecular weight excluding hydrogens is 290 g/mol. The summed E-state index contributed by atoms with van der Waals surface area (Å²) in [4.78, 5) is 11.4. The summed E-state index contributed by atoms with van der Waals surface area (Å²) >= 11 is 0. The molecule has 0 aliphatic heterocycles. The predicted molar refractivity (Wildman–Crippen MR) is 79.7 cm³/mol. The Labute approximate surface area is 125 Å². The van der Waals surface area contributed by atoms with Crippen molar-refractivity contribution in [3.8, 4) is 0 Å². The fraction of sp³-hybridized carbons (Fsp3) is 0.533. The number of aliphatic hydroxyl groups is 1. The zero-order valence-electron chi connectivity index (χ0n) is 12.2. The molecule has 5 nitrogen and oxygen atoms in total. The number of nitrogens with zero attached hydrogens (tertiary/aromatic N) is 1. The van der Waals surface area contributed by atoms with E-state index in [1.807, 2.05) is 0 Å². The molecule has 1 aromatic carbocycles. The topological polar surface area (TPSA) is 74.7 Å². The smallest absolute Gasteiger partial charge is 0.243 e. The van der Waals surface area contributed by atoms with Gasteiger partial charge in [0.15, 0.2) is 5.78 Å². The molecule has 1 aromatic rings. The van der Waals surface area contributed by atoms with Crippen LogP contribution >= 0.6 is 0 Å². The molecule has 0 amide bonds. The first-order valence-corrected chi connectivity index (χ1v) is 8.64. The first-order valence-electron chi connectivity index (χ1n) is 7.20. The van der Waals surface area contributed by atoms with Crippen LogP contribution in [0.25, 0.3) is 0 Å². The average Bonchev–Trinajstić information content (AvgIpc) is 2.98. The lowest BCUT2D eigenvalue weighted by Crippen LogP contribution is -2.40. The minimum absolute atomic E-state index is 0.0327. The van der Waals surface area contributed by atoms with Gasteiger partial charge in [-0.25, -0.2) is 8.42 Å². The molecule has 0 saturated heterocycles. The largest absolute Gasteiger partial charge is 0.395 e. The maximum absolute atomic E-state index is 12.7. The van der Waals surface area contributed by atoms with Crippen LogP contribution in [0.2, 0.25) is 0 Å². The highest BCUT2D eigenvalue weighted by Crippen LogP contribution is 2.28. The first-order chi connectivity index (χ1) is 9.96. The molecule has 0 heterocycles. The Bertz CT molecular complexity index is 589. The number of rotatable bonds is 6. The van der Waals surface area contributed by atoms with Gasteiger partial charge in [0.05, 0.1) is 11.5 Å². The molecule has 1 fully saturated rings. The first kappa shape index (κ1) is 16.1. The highest BCUT2D eigenvalue weighted by molar-refractivity contribution is 7.89. The third kappa shape index (κ3) is 3.51. The number of Topliss-reactive ketones (excluding diaryl/α,β-unsaturated/α-hetero) is 1. The van der Waals surface area contributed by atoms with Gasteiger partial charge in [-0.1, -0.05) is 25.0 Å². The number of hydrogen-bond donors (Lipinski definition) is 1. The van der Waals surface area contributed by atoms with Crippen molar-refractivity contribution >= 4 is 15.8 Å². The van der Waals surface area contributed by atoms with Crippen LogP contribution in [0.4, 0.5) is 0 Å².